The lowest BCUT2D eigenvalue weighted by atomic mass is 10.2. The van der Waals surface area contributed by atoms with Gasteiger partial charge >= 0.3 is 5.97 Å². The maximum atomic E-state index is 12.4. The number of rotatable bonds is 5. The summed E-state index contributed by atoms with van der Waals surface area (Å²) in [6.07, 6.45) is 4.01. The van der Waals surface area contributed by atoms with Crippen molar-refractivity contribution >= 4 is 62.2 Å². The van der Waals surface area contributed by atoms with Crippen molar-refractivity contribution in [2.45, 2.75) is 0 Å². The second-order valence-electron chi connectivity index (χ2n) is 5.24. The first-order chi connectivity index (χ1) is 12.4. The van der Waals surface area contributed by atoms with Crippen molar-refractivity contribution in [2.75, 3.05) is 6.54 Å². The van der Waals surface area contributed by atoms with Gasteiger partial charge in [-0.3, -0.25) is 9.69 Å². The SMILES string of the molecule is O=C(O)/C=C/CN1C(=O)/C(=C\c2ccc(-c3ccc(Br)cc3)o2)SC1=S. The van der Waals surface area contributed by atoms with Crippen molar-refractivity contribution in [1.82, 2.24) is 4.90 Å². The summed E-state index contributed by atoms with van der Waals surface area (Å²) < 4.78 is 7.16. The van der Waals surface area contributed by atoms with Gasteiger partial charge in [0, 0.05) is 28.7 Å². The summed E-state index contributed by atoms with van der Waals surface area (Å²) >= 11 is 9.75. The van der Waals surface area contributed by atoms with Gasteiger partial charge in [0.05, 0.1) is 4.91 Å². The molecule has 0 radical (unpaired) electrons. The van der Waals surface area contributed by atoms with Crippen molar-refractivity contribution < 1.29 is 19.1 Å². The van der Waals surface area contributed by atoms with Gasteiger partial charge in [-0.1, -0.05) is 58.1 Å². The highest BCUT2D eigenvalue weighted by molar-refractivity contribution is 9.10. The molecule has 0 atom stereocenters. The molecule has 2 aromatic rings. The van der Waals surface area contributed by atoms with Crippen LogP contribution in [0.5, 0.6) is 0 Å². The van der Waals surface area contributed by atoms with Crippen molar-refractivity contribution in [3.63, 3.8) is 0 Å². The Labute approximate surface area is 167 Å². The second-order valence-corrected chi connectivity index (χ2v) is 7.83. The van der Waals surface area contributed by atoms with Crippen LogP contribution < -0.4 is 0 Å². The number of benzene rings is 1. The van der Waals surface area contributed by atoms with E-state index < -0.39 is 5.97 Å². The molecule has 0 aliphatic carbocycles. The van der Waals surface area contributed by atoms with E-state index in [-0.39, 0.29) is 12.5 Å². The fourth-order valence-corrected chi connectivity index (χ4v) is 3.76. The molecule has 1 aromatic carbocycles. The fraction of sp³-hybridized carbons (Fsp3) is 0.0556. The summed E-state index contributed by atoms with van der Waals surface area (Å²) in [5, 5.41) is 8.62. The van der Waals surface area contributed by atoms with Crippen LogP contribution in [-0.4, -0.2) is 32.7 Å². The normalized spacial score (nSPS) is 16.2. The van der Waals surface area contributed by atoms with Gasteiger partial charge in [-0.2, -0.15) is 0 Å². The molecule has 0 bridgehead atoms. The minimum absolute atomic E-state index is 0.122. The second kappa shape index (κ2) is 8.03. The Morgan fingerprint density at radius 2 is 2.00 bits per heavy atom. The van der Waals surface area contributed by atoms with Gasteiger partial charge in [-0.25, -0.2) is 4.79 Å². The molecule has 1 fully saturated rings. The van der Waals surface area contributed by atoms with Crippen LogP contribution in [-0.2, 0) is 9.59 Å². The maximum Gasteiger partial charge on any atom is 0.328 e. The molecule has 1 aliphatic rings. The van der Waals surface area contributed by atoms with Crippen LogP contribution in [0.4, 0.5) is 0 Å². The van der Waals surface area contributed by atoms with Gasteiger partial charge in [-0.15, -0.1) is 0 Å². The van der Waals surface area contributed by atoms with Crippen LogP contribution in [0, 0.1) is 0 Å². The van der Waals surface area contributed by atoms with Gasteiger partial charge in [0.1, 0.15) is 15.8 Å². The summed E-state index contributed by atoms with van der Waals surface area (Å²) in [5.41, 5.74) is 0.930. The summed E-state index contributed by atoms with van der Waals surface area (Å²) in [4.78, 5) is 24.7. The topological polar surface area (TPSA) is 70.8 Å². The molecule has 26 heavy (non-hydrogen) atoms. The van der Waals surface area contributed by atoms with E-state index in [9.17, 15) is 9.59 Å². The smallest absolute Gasteiger partial charge is 0.328 e. The third-order valence-corrected chi connectivity index (χ3v) is 5.36. The Balaban J connectivity index is 1.76. The Hall–Kier alpha value is -2.16. The summed E-state index contributed by atoms with van der Waals surface area (Å²) in [7, 11) is 0. The molecule has 1 aliphatic heterocycles. The van der Waals surface area contributed by atoms with Gasteiger partial charge in [0.2, 0.25) is 0 Å². The number of carboxylic acid groups (broad SMARTS) is 1. The van der Waals surface area contributed by atoms with E-state index in [4.69, 9.17) is 21.7 Å². The third-order valence-electron chi connectivity index (χ3n) is 3.45. The van der Waals surface area contributed by atoms with Gasteiger partial charge < -0.3 is 9.52 Å². The minimum atomic E-state index is -1.07. The van der Waals surface area contributed by atoms with E-state index in [0.717, 1.165) is 27.9 Å². The number of carboxylic acids is 1. The van der Waals surface area contributed by atoms with Crippen LogP contribution in [0.15, 0.2) is 62.3 Å². The molecule has 1 saturated heterocycles. The predicted molar refractivity (Wildman–Crippen MR) is 108 cm³/mol. The molecule has 0 spiro atoms. The molecular formula is C18H12BrNO4S2. The quantitative estimate of drug-likeness (QED) is 0.533. The number of carbonyl (C=O) groups excluding carboxylic acids is 1. The van der Waals surface area contributed by atoms with Crippen LogP contribution in [0.3, 0.4) is 0 Å². The fourth-order valence-electron chi connectivity index (χ4n) is 2.25. The largest absolute Gasteiger partial charge is 0.478 e. The molecule has 2 heterocycles. The molecule has 1 aromatic heterocycles. The molecule has 8 heteroatoms. The first-order valence-corrected chi connectivity index (χ1v) is 9.46. The van der Waals surface area contributed by atoms with Crippen molar-refractivity contribution in [3.05, 3.63) is 63.7 Å². The number of aliphatic carboxylic acids is 1. The number of hydrogen-bond donors (Lipinski definition) is 1. The van der Waals surface area contributed by atoms with E-state index >= 15 is 0 Å². The monoisotopic (exact) mass is 449 g/mol. The van der Waals surface area contributed by atoms with E-state index in [2.05, 4.69) is 15.9 Å². The van der Waals surface area contributed by atoms with E-state index in [0.29, 0.717) is 20.7 Å². The highest BCUT2D eigenvalue weighted by atomic mass is 79.9. The first kappa shape index (κ1) is 18.6. The Bertz CT molecular complexity index is 931. The van der Waals surface area contributed by atoms with E-state index in [1.165, 1.54) is 11.0 Å². The molecule has 1 amide bonds. The van der Waals surface area contributed by atoms with Crippen molar-refractivity contribution in [2.24, 2.45) is 0 Å². The Morgan fingerprint density at radius 1 is 1.27 bits per heavy atom. The molecule has 5 nitrogen and oxygen atoms in total. The average molecular weight is 450 g/mol. The Kier molecular flexibility index (Phi) is 5.75. The molecule has 3 rings (SSSR count). The predicted octanol–water partition coefficient (Wildman–Crippen LogP) is 4.55. The van der Waals surface area contributed by atoms with Crippen LogP contribution >= 0.6 is 39.9 Å². The van der Waals surface area contributed by atoms with E-state index in [1.807, 2.05) is 30.3 Å². The summed E-state index contributed by atoms with van der Waals surface area (Å²) in [5.74, 6) is -0.0909. The third kappa shape index (κ3) is 4.32. The lowest BCUT2D eigenvalue weighted by Crippen LogP contribution is -2.28. The highest BCUT2D eigenvalue weighted by Gasteiger charge is 2.31. The standard InChI is InChI=1S/C18H12BrNO4S2/c19-12-5-3-11(4-6-12)14-8-7-13(24-14)10-15-17(23)20(18(25)26-15)9-1-2-16(21)22/h1-8,10H,9H2,(H,21,22)/b2-1+,15-10+. The lowest BCUT2D eigenvalue weighted by Gasteiger charge is -2.10. The molecule has 1 N–H and O–H groups in total. The van der Waals surface area contributed by atoms with Crippen molar-refractivity contribution in [3.8, 4) is 11.3 Å². The molecule has 0 unspecified atom stereocenters. The number of nitrogens with zero attached hydrogens (tertiary/aromatic N) is 1. The first-order valence-electron chi connectivity index (χ1n) is 7.44. The number of furan rings is 1. The molecule has 0 saturated carbocycles. The zero-order chi connectivity index (χ0) is 18.7. The number of thiocarbonyl (C=S) groups is 1. The maximum absolute atomic E-state index is 12.4. The summed E-state index contributed by atoms with van der Waals surface area (Å²) in [6, 6.07) is 11.3. The highest BCUT2D eigenvalue weighted by Crippen LogP contribution is 2.33. The van der Waals surface area contributed by atoms with Crippen LogP contribution in [0.1, 0.15) is 5.76 Å². The number of carbonyl (C=O) groups is 2. The number of halogens is 1. The van der Waals surface area contributed by atoms with E-state index in [1.54, 1.807) is 12.1 Å². The molecule has 132 valence electrons. The Morgan fingerprint density at radius 3 is 2.69 bits per heavy atom. The molecular weight excluding hydrogens is 438 g/mol. The zero-order valence-electron chi connectivity index (χ0n) is 13.2. The lowest BCUT2D eigenvalue weighted by molar-refractivity contribution is -0.131. The minimum Gasteiger partial charge on any atom is -0.478 e. The van der Waals surface area contributed by atoms with Crippen molar-refractivity contribution in [1.29, 1.82) is 0 Å². The van der Waals surface area contributed by atoms with Gasteiger partial charge in [0.15, 0.2) is 0 Å². The van der Waals surface area contributed by atoms with Crippen LogP contribution in [0.2, 0.25) is 0 Å². The summed E-state index contributed by atoms with van der Waals surface area (Å²) in [6.45, 7) is 0.122. The van der Waals surface area contributed by atoms with Gasteiger partial charge in [-0.05, 0) is 24.3 Å². The van der Waals surface area contributed by atoms with Gasteiger partial charge in [0.25, 0.3) is 5.91 Å². The average Bonchev–Trinajstić information content (AvgIpc) is 3.15. The number of hydrogen-bond acceptors (Lipinski definition) is 5. The van der Waals surface area contributed by atoms with Crippen LogP contribution in [0.25, 0.3) is 17.4 Å². The number of thioether (sulfide) groups is 1. The number of amides is 1. The zero-order valence-corrected chi connectivity index (χ0v) is 16.4.